The Morgan fingerprint density at radius 1 is 1.17 bits per heavy atom. The number of anilines is 1. The highest BCUT2D eigenvalue weighted by Gasteiger charge is 2.23. The summed E-state index contributed by atoms with van der Waals surface area (Å²) in [5.74, 6) is 1.04. The van der Waals surface area contributed by atoms with E-state index in [1.807, 2.05) is 29.5 Å². The summed E-state index contributed by atoms with van der Waals surface area (Å²) in [6, 6.07) is 10.6. The number of rotatable bonds is 4. The second-order valence-corrected chi connectivity index (χ2v) is 9.20. The van der Waals surface area contributed by atoms with Crippen molar-refractivity contribution in [1.82, 2.24) is 14.9 Å². The molecule has 3 heterocycles. The molecule has 3 aromatic rings. The number of hydrogen-bond acceptors (Lipinski definition) is 6. The van der Waals surface area contributed by atoms with Crippen LogP contribution in [0.3, 0.4) is 0 Å². The van der Waals surface area contributed by atoms with E-state index in [-0.39, 0.29) is 0 Å². The fourth-order valence-corrected chi connectivity index (χ4v) is 5.85. The van der Waals surface area contributed by atoms with Crippen molar-refractivity contribution in [2.75, 3.05) is 18.4 Å². The number of likely N-dealkylation sites (tertiary alicyclic amines) is 1. The minimum Gasteiger partial charge on any atom is -0.367 e. The lowest BCUT2D eigenvalue weighted by Crippen LogP contribution is -2.38. The molecule has 2 aromatic heterocycles. The quantitative estimate of drug-likeness (QED) is 0.694. The van der Waals surface area contributed by atoms with Crippen LogP contribution in [-0.4, -0.2) is 34.0 Å². The van der Waals surface area contributed by atoms with Gasteiger partial charge in [0.1, 0.15) is 17.0 Å². The number of piperidine rings is 1. The van der Waals surface area contributed by atoms with E-state index >= 15 is 0 Å². The third-order valence-electron chi connectivity index (χ3n) is 6.14. The fraction of sp³-hybridized carbons (Fsp3) is 0.435. The van der Waals surface area contributed by atoms with Gasteiger partial charge in [0.2, 0.25) is 0 Å². The average molecular weight is 404 g/mol. The second-order valence-electron chi connectivity index (χ2n) is 8.12. The second kappa shape index (κ2) is 8.10. The van der Waals surface area contributed by atoms with Gasteiger partial charge in [-0.1, -0.05) is 12.1 Å². The van der Waals surface area contributed by atoms with Crippen molar-refractivity contribution >= 4 is 27.4 Å². The molecule has 0 radical (unpaired) electrons. The Morgan fingerprint density at radius 2 is 2.03 bits per heavy atom. The molecule has 0 unspecified atom stereocenters. The third kappa shape index (κ3) is 3.85. The molecule has 0 atom stereocenters. The first kappa shape index (κ1) is 18.5. The first-order valence-electron chi connectivity index (χ1n) is 10.5. The van der Waals surface area contributed by atoms with Crippen molar-refractivity contribution in [3.05, 3.63) is 52.2 Å². The summed E-state index contributed by atoms with van der Waals surface area (Å²) in [5.41, 5.74) is 3.46. The molecule has 1 saturated heterocycles. The van der Waals surface area contributed by atoms with Crippen molar-refractivity contribution in [3.63, 3.8) is 0 Å². The van der Waals surface area contributed by atoms with Gasteiger partial charge in [0.05, 0.1) is 17.0 Å². The monoisotopic (exact) mass is 403 g/mol. The van der Waals surface area contributed by atoms with Gasteiger partial charge in [-0.15, -0.1) is 11.3 Å². The Balaban J connectivity index is 1.25. The van der Waals surface area contributed by atoms with E-state index in [2.05, 4.69) is 32.3 Å². The van der Waals surface area contributed by atoms with Gasteiger partial charge >= 0.3 is 0 Å². The normalized spacial score (nSPS) is 17.8. The molecule has 148 valence electrons. The van der Waals surface area contributed by atoms with Crippen LogP contribution in [0.4, 0.5) is 5.82 Å². The van der Waals surface area contributed by atoms with Crippen LogP contribution in [0.5, 0.6) is 0 Å². The van der Waals surface area contributed by atoms with Crippen LogP contribution in [0.15, 0.2) is 30.6 Å². The number of thiophene rings is 1. The Labute approximate surface area is 175 Å². The molecular weight excluding hydrogens is 378 g/mol. The van der Waals surface area contributed by atoms with Gasteiger partial charge in [-0.2, -0.15) is 5.26 Å². The maximum absolute atomic E-state index is 9.09. The maximum Gasteiger partial charge on any atom is 0.138 e. The van der Waals surface area contributed by atoms with Gasteiger partial charge in [0, 0.05) is 30.6 Å². The number of benzene rings is 1. The SMILES string of the molecule is N#Cc1cccc(CN2CCC(Nc3ncnc4sc5c(c34)CCCC5)CC2)c1. The molecule has 1 N–H and O–H groups in total. The summed E-state index contributed by atoms with van der Waals surface area (Å²) < 4.78 is 0. The van der Waals surface area contributed by atoms with Crippen molar-refractivity contribution in [1.29, 1.82) is 5.26 Å². The van der Waals surface area contributed by atoms with Crippen molar-refractivity contribution in [2.45, 2.75) is 51.1 Å². The fourth-order valence-electron chi connectivity index (χ4n) is 4.63. The highest BCUT2D eigenvalue weighted by molar-refractivity contribution is 7.19. The number of hydrogen-bond donors (Lipinski definition) is 1. The summed E-state index contributed by atoms with van der Waals surface area (Å²) in [4.78, 5) is 14.3. The van der Waals surface area contributed by atoms with E-state index in [4.69, 9.17) is 5.26 Å². The number of nitriles is 1. The van der Waals surface area contributed by atoms with Gasteiger partial charge < -0.3 is 5.32 Å². The zero-order chi connectivity index (χ0) is 19.6. The average Bonchev–Trinajstić information content (AvgIpc) is 3.15. The van der Waals surface area contributed by atoms with E-state index in [9.17, 15) is 0 Å². The zero-order valence-electron chi connectivity index (χ0n) is 16.5. The maximum atomic E-state index is 9.09. The standard InChI is InChI=1S/C23H25N5S/c24-13-16-4-3-5-17(12-16)14-28-10-8-18(9-11-28)27-22-21-19-6-1-2-7-20(19)29-23(21)26-15-25-22/h3-5,12,15,18H,1-2,6-11,14H2,(H,25,26,27). The van der Waals surface area contributed by atoms with E-state index in [1.165, 1.54) is 40.7 Å². The minimum absolute atomic E-state index is 0.453. The van der Waals surface area contributed by atoms with E-state index in [1.54, 1.807) is 6.33 Å². The van der Waals surface area contributed by atoms with E-state index in [0.29, 0.717) is 6.04 Å². The van der Waals surface area contributed by atoms with Crippen LogP contribution in [0.2, 0.25) is 0 Å². The molecule has 1 fully saturated rings. The zero-order valence-corrected chi connectivity index (χ0v) is 17.3. The first-order chi connectivity index (χ1) is 14.3. The Hall–Kier alpha value is -2.49. The lowest BCUT2D eigenvalue weighted by atomic mass is 9.96. The highest BCUT2D eigenvalue weighted by atomic mass is 32.1. The summed E-state index contributed by atoms with van der Waals surface area (Å²) >= 11 is 1.86. The lowest BCUT2D eigenvalue weighted by molar-refractivity contribution is 0.211. The molecule has 5 rings (SSSR count). The molecule has 0 bridgehead atoms. The Kier molecular flexibility index (Phi) is 5.17. The molecule has 0 amide bonds. The molecule has 0 saturated carbocycles. The molecule has 1 aromatic carbocycles. The summed E-state index contributed by atoms with van der Waals surface area (Å²) in [5, 5.41) is 14.1. The molecule has 2 aliphatic rings. The minimum atomic E-state index is 0.453. The van der Waals surface area contributed by atoms with Crippen LogP contribution in [-0.2, 0) is 19.4 Å². The van der Waals surface area contributed by atoms with Crippen LogP contribution in [0.1, 0.15) is 47.3 Å². The largest absolute Gasteiger partial charge is 0.367 e. The van der Waals surface area contributed by atoms with Crippen molar-refractivity contribution < 1.29 is 0 Å². The topological polar surface area (TPSA) is 64.8 Å². The van der Waals surface area contributed by atoms with Gasteiger partial charge in [-0.3, -0.25) is 4.90 Å². The van der Waals surface area contributed by atoms with Crippen LogP contribution in [0.25, 0.3) is 10.2 Å². The summed E-state index contributed by atoms with van der Waals surface area (Å²) in [6.07, 6.45) is 8.86. The van der Waals surface area contributed by atoms with Crippen LogP contribution in [0, 0.1) is 11.3 Å². The predicted octanol–water partition coefficient (Wildman–Crippen LogP) is 4.52. The number of aromatic nitrogens is 2. The van der Waals surface area contributed by atoms with Gasteiger partial charge in [0.25, 0.3) is 0 Å². The molecular formula is C23H25N5S. The number of aryl methyl sites for hydroxylation is 2. The molecule has 0 spiro atoms. The third-order valence-corrected chi connectivity index (χ3v) is 7.34. The Morgan fingerprint density at radius 3 is 2.90 bits per heavy atom. The van der Waals surface area contributed by atoms with Gasteiger partial charge in [-0.25, -0.2) is 9.97 Å². The molecule has 29 heavy (non-hydrogen) atoms. The number of fused-ring (bicyclic) bond motifs is 3. The summed E-state index contributed by atoms with van der Waals surface area (Å²) in [7, 11) is 0. The molecule has 1 aliphatic carbocycles. The lowest BCUT2D eigenvalue weighted by Gasteiger charge is -2.32. The summed E-state index contributed by atoms with van der Waals surface area (Å²) in [6.45, 7) is 3.03. The molecule has 6 heteroatoms. The highest BCUT2D eigenvalue weighted by Crippen LogP contribution is 2.38. The molecule has 1 aliphatic heterocycles. The van der Waals surface area contributed by atoms with E-state index < -0.39 is 0 Å². The van der Waals surface area contributed by atoms with Crippen molar-refractivity contribution in [2.24, 2.45) is 0 Å². The predicted molar refractivity (Wildman–Crippen MR) is 117 cm³/mol. The first-order valence-corrected chi connectivity index (χ1v) is 11.3. The van der Waals surface area contributed by atoms with Gasteiger partial charge in [-0.05, 0) is 61.8 Å². The van der Waals surface area contributed by atoms with E-state index in [0.717, 1.165) is 55.1 Å². The smallest absolute Gasteiger partial charge is 0.138 e. The van der Waals surface area contributed by atoms with Gasteiger partial charge in [0.15, 0.2) is 0 Å². The van der Waals surface area contributed by atoms with Crippen LogP contribution >= 0.6 is 11.3 Å². The van der Waals surface area contributed by atoms with Crippen LogP contribution < -0.4 is 5.32 Å². The number of nitrogens with zero attached hydrogens (tertiary/aromatic N) is 4. The number of nitrogens with one attached hydrogen (secondary N) is 1. The molecule has 5 nitrogen and oxygen atoms in total. The Bertz CT molecular complexity index is 1060. The van der Waals surface area contributed by atoms with Crippen molar-refractivity contribution in [3.8, 4) is 6.07 Å².